The highest BCUT2D eigenvalue weighted by molar-refractivity contribution is 5.84. The van der Waals surface area contributed by atoms with E-state index in [2.05, 4.69) is 4.98 Å². The summed E-state index contributed by atoms with van der Waals surface area (Å²) in [6.07, 6.45) is 6.96. The van der Waals surface area contributed by atoms with Gasteiger partial charge in [0.2, 0.25) is 11.8 Å². The van der Waals surface area contributed by atoms with Gasteiger partial charge < -0.3 is 14.7 Å². The molecule has 0 bridgehead atoms. The largest absolute Gasteiger partial charge is 0.361 e. The predicted octanol–water partition coefficient (Wildman–Crippen LogP) is 3.22. The molecule has 0 radical (unpaired) electrons. The number of likely N-dealkylation sites (tertiary alicyclic amines) is 2. The van der Waals surface area contributed by atoms with Crippen molar-refractivity contribution in [1.82, 2.24) is 19.8 Å². The van der Waals surface area contributed by atoms with Gasteiger partial charge in [0.1, 0.15) is 11.6 Å². The SMILES string of the molecule is CC(=O)N1CCC(Cc2ccc(F)cc2)(C(=O)N2CCC[C@@H]2c2cncc(N(C)C)n2)CC1. The fraction of sp³-hybridized carbons (Fsp3) is 0.520. The average Bonchev–Trinajstić information content (AvgIpc) is 3.30. The molecule has 7 nitrogen and oxygen atoms in total. The number of carbonyl (C=O) groups excluding carboxylic acids is 2. The van der Waals surface area contributed by atoms with Crippen LogP contribution in [0.1, 0.15) is 49.9 Å². The Morgan fingerprint density at radius 3 is 2.45 bits per heavy atom. The second-order valence-electron chi connectivity index (χ2n) is 9.44. The highest BCUT2D eigenvalue weighted by atomic mass is 19.1. The summed E-state index contributed by atoms with van der Waals surface area (Å²) in [7, 11) is 3.84. The molecule has 0 aliphatic carbocycles. The van der Waals surface area contributed by atoms with Gasteiger partial charge in [0.15, 0.2) is 0 Å². The Labute approximate surface area is 194 Å². The van der Waals surface area contributed by atoms with Crippen LogP contribution >= 0.6 is 0 Å². The van der Waals surface area contributed by atoms with E-state index in [4.69, 9.17) is 4.98 Å². The van der Waals surface area contributed by atoms with Crippen LogP contribution in [0.4, 0.5) is 10.2 Å². The summed E-state index contributed by atoms with van der Waals surface area (Å²) in [5.74, 6) is 0.620. The van der Waals surface area contributed by atoms with Gasteiger partial charge in [-0.25, -0.2) is 9.37 Å². The molecule has 0 unspecified atom stereocenters. The van der Waals surface area contributed by atoms with Crippen LogP contribution in [-0.4, -0.2) is 65.3 Å². The quantitative estimate of drug-likeness (QED) is 0.695. The minimum atomic E-state index is -0.626. The molecule has 8 heteroatoms. The van der Waals surface area contributed by atoms with E-state index >= 15 is 0 Å². The molecule has 0 saturated carbocycles. The molecule has 2 aliphatic heterocycles. The van der Waals surface area contributed by atoms with Gasteiger partial charge in [-0.15, -0.1) is 0 Å². The van der Waals surface area contributed by atoms with Crippen LogP contribution in [0.2, 0.25) is 0 Å². The number of nitrogens with zero attached hydrogens (tertiary/aromatic N) is 5. The Hall–Kier alpha value is -3.03. The molecule has 2 aromatic rings. The lowest BCUT2D eigenvalue weighted by Crippen LogP contribution is -2.52. The lowest BCUT2D eigenvalue weighted by Gasteiger charge is -2.43. The first kappa shape index (κ1) is 23.1. The van der Waals surface area contributed by atoms with E-state index in [0.717, 1.165) is 29.9 Å². The molecule has 0 N–H and O–H groups in total. The Balaban J connectivity index is 1.63. The fourth-order valence-electron chi connectivity index (χ4n) is 5.08. The lowest BCUT2D eigenvalue weighted by atomic mass is 9.72. The van der Waals surface area contributed by atoms with Gasteiger partial charge in [0, 0.05) is 40.7 Å². The zero-order valence-corrected chi connectivity index (χ0v) is 19.6. The number of anilines is 1. The van der Waals surface area contributed by atoms with Crippen LogP contribution in [-0.2, 0) is 16.0 Å². The van der Waals surface area contributed by atoms with Crippen molar-refractivity contribution in [1.29, 1.82) is 0 Å². The van der Waals surface area contributed by atoms with Crippen molar-refractivity contribution in [2.24, 2.45) is 5.41 Å². The minimum Gasteiger partial charge on any atom is -0.361 e. The summed E-state index contributed by atoms with van der Waals surface area (Å²) >= 11 is 0. The van der Waals surface area contributed by atoms with E-state index in [0.29, 0.717) is 38.9 Å². The van der Waals surface area contributed by atoms with Crippen molar-refractivity contribution in [3.8, 4) is 0 Å². The Morgan fingerprint density at radius 2 is 1.82 bits per heavy atom. The van der Waals surface area contributed by atoms with E-state index < -0.39 is 5.41 Å². The highest BCUT2D eigenvalue weighted by Crippen LogP contribution is 2.42. The highest BCUT2D eigenvalue weighted by Gasteiger charge is 2.47. The van der Waals surface area contributed by atoms with E-state index in [1.54, 1.807) is 31.5 Å². The number of aromatic nitrogens is 2. The number of carbonyl (C=O) groups is 2. The molecule has 1 aromatic carbocycles. The number of hydrogen-bond acceptors (Lipinski definition) is 5. The third kappa shape index (κ3) is 4.84. The zero-order chi connectivity index (χ0) is 23.6. The zero-order valence-electron chi connectivity index (χ0n) is 19.6. The van der Waals surface area contributed by atoms with Crippen LogP contribution in [0.5, 0.6) is 0 Å². The summed E-state index contributed by atoms with van der Waals surface area (Å²) in [4.78, 5) is 40.9. The fourth-order valence-corrected chi connectivity index (χ4v) is 5.08. The number of piperidine rings is 1. The van der Waals surface area contributed by atoms with Crippen LogP contribution in [0.3, 0.4) is 0 Å². The number of hydrogen-bond donors (Lipinski definition) is 0. The van der Waals surface area contributed by atoms with Crippen molar-refractivity contribution in [2.45, 2.75) is 45.1 Å². The van der Waals surface area contributed by atoms with Crippen LogP contribution in [0.15, 0.2) is 36.7 Å². The van der Waals surface area contributed by atoms with Gasteiger partial charge in [-0.05, 0) is 49.8 Å². The van der Waals surface area contributed by atoms with E-state index in [-0.39, 0.29) is 23.7 Å². The summed E-state index contributed by atoms with van der Waals surface area (Å²) in [6.45, 7) is 3.36. The van der Waals surface area contributed by atoms with Crippen molar-refractivity contribution in [2.75, 3.05) is 38.6 Å². The van der Waals surface area contributed by atoms with Crippen molar-refractivity contribution >= 4 is 17.6 Å². The third-order valence-electron chi connectivity index (χ3n) is 7.03. The van der Waals surface area contributed by atoms with E-state index in [1.807, 2.05) is 28.8 Å². The summed E-state index contributed by atoms with van der Waals surface area (Å²) in [5, 5.41) is 0. The molecule has 2 saturated heterocycles. The van der Waals surface area contributed by atoms with Crippen molar-refractivity contribution in [3.63, 3.8) is 0 Å². The van der Waals surface area contributed by atoms with Crippen molar-refractivity contribution < 1.29 is 14.0 Å². The van der Waals surface area contributed by atoms with Crippen LogP contribution in [0, 0.1) is 11.2 Å². The molecule has 33 heavy (non-hydrogen) atoms. The first-order valence-electron chi connectivity index (χ1n) is 11.6. The molecule has 2 aliphatic rings. The molecular weight excluding hydrogens is 421 g/mol. The maximum Gasteiger partial charge on any atom is 0.229 e. The third-order valence-corrected chi connectivity index (χ3v) is 7.03. The standard InChI is InChI=1S/C25H32FN5O2/c1-18(32)30-13-10-25(11-14-30,15-19-6-8-20(26)9-7-19)24(33)31-12-4-5-22(31)21-16-27-17-23(28-21)29(2)3/h6-9,16-17,22H,4-5,10-15H2,1-3H3/t22-/m1/s1. The molecule has 3 heterocycles. The second-order valence-corrected chi connectivity index (χ2v) is 9.44. The number of benzene rings is 1. The predicted molar refractivity (Wildman–Crippen MR) is 124 cm³/mol. The number of rotatable bonds is 5. The first-order chi connectivity index (χ1) is 15.8. The normalized spacial score (nSPS) is 20.1. The monoisotopic (exact) mass is 453 g/mol. The number of amides is 2. The summed E-state index contributed by atoms with van der Waals surface area (Å²) in [6, 6.07) is 6.30. The van der Waals surface area contributed by atoms with Gasteiger partial charge in [0.05, 0.1) is 29.5 Å². The topological polar surface area (TPSA) is 69.6 Å². The van der Waals surface area contributed by atoms with Crippen LogP contribution in [0.25, 0.3) is 0 Å². The lowest BCUT2D eigenvalue weighted by molar-refractivity contribution is -0.149. The van der Waals surface area contributed by atoms with Gasteiger partial charge in [-0.1, -0.05) is 12.1 Å². The van der Waals surface area contributed by atoms with Gasteiger partial charge in [-0.3, -0.25) is 14.6 Å². The van der Waals surface area contributed by atoms with Gasteiger partial charge >= 0.3 is 0 Å². The average molecular weight is 454 g/mol. The smallest absolute Gasteiger partial charge is 0.229 e. The molecule has 2 amide bonds. The van der Waals surface area contributed by atoms with Gasteiger partial charge in [-0.2, -0.15) is 0 Å². The molecular formula is C25H32FN5O2. The van der Waals surface area contributed by atoms with E-state index in [1.165, 1.54) is 12.1 Å². The molecule has 4 rings (SSSR count). The second kappa shape index (κ2) is 9.45. The Morgan fingerprint density at radius 1 is 1.12 bits per heavy atom. The summed E-state index contributed by atoms with van der Waals surface area (Å²) < 4.78 is 13.5. The van der Waals surface area contributed by atoms with Crippen LogP contribution < -0.4 is 4.90 Å². The van der Waals surface area contributed by atoms with E-state index in [9.17, 15) is 14.0 Å². The molecule has 2 fully saturated rings. The molecule has 1 atom stereocenters. The first-order valence-corrected chi connectivity index (χ1v) is 11.6. The molecule has 1 aromatic heterocycles. The minimum absolute atomic E-state index is 0.0349. The maximum atomic E-state index is 14.2. The molecule has 0 spiro atoms. The summed E-state index contributed by atoms with van der Waals surface area (Å²) in [5.41, 5.74) is 1.12. The van der Waals surface area contributed by atoms with Gasteiger partial charge in [0.25, 0.3) is 0 Å². The molecule has 176 valence electrons. The Kier molecular flexibility index (Phi) is 6.63. The Bertz CT molecular complexity index is 1000. The number of halogens is 1. The van der Waals surface area contributed by atoms with Crippen molar-refractivity contribution in [3.05, 3.63) is 53.7 Å². The maximum absolute atomic E-state index is 14.2.